The number of imidazole rings is 1. The van der Waals surface area contributed by atoms with Crippen LogP contribution in [0.15, 0.2) is 47.7 Å². The molecule has 3 N–H and O–H groups in total. The Kier molecular flexibility index (Phi) is 6.01. The number of anilines is 2. The molecule has 1 aliphatic heterocycles. The average Bonchev–Trinajstić information content (AvgIpc) is 3.52. The largest absolute Gasteiger partial charge is 0.450 e. The van der Waals surface area contributed by atoms with Crippen molar-refractivity contribution in [1.29, 1.82) is 0 Å². The van der Waals surface area contributed by atoms with Crippen molar-refractivity contribution in [2.75, 3.05) is 18.5 Å². The minimum absolute atomic E-state index is 0.0769. The molecule has 5 heterocycles. The van der Waals surface area contributed by atoms with E-state index in [1.54, 1.807) is 34.6 Å². The van der Waals surface area contributed by atoms with E-state index in [2.05, 4.69) is 25.4 Å². The van der Waals surface area contributed by atoms with Gasteiger partial charge in [-0.15, -0.1) is 0 Å². The van der Waals surface area contributed by atoms with Gasteiger partial charge >= 0.3 is 0 Å². The SMILES string of the molecule is Cn1c(Nc2cc(C3CC3)nn([C@H]3CCOC3)c2=O)nc2ncc(O/C(=C/N)c3ccccn3)c(Cl)c21. The van der Waals surface area contributed by atoms with E-state index in [1.807, 2.05) is 12.1 Å². The average molecular weight is 521 g/mol. The Morgan fingerprint density at radius 1 is 1.30 bits per heavy atom. The fraction of sp³-hybridized carbons (Fsp3) is 0.320. The first-order valence-corrected chi connectivity index (χ1v) is 12.4. The van der Waals surface area contributed by atoms with Gasteiger partial charge in [0.1, 0.15) is 21.9 Å². The van der Waals surface area contributed by atoms with Crippen LogP contribution < -0.4 is 21.3 Å². The molecule has 6 rings (SSSR count). The molecule has 190 valence electrons. The zero-order chi connectivity index (χ0) is 25.5. The summed E-state index contributed by atoms with van der Waals surface area (Å²) in [5, 5.41) is 8.16. The summed E-state index contributed by atoms with van der Waals surface area (Å²) in [7, 11) is 1.79. The third-order valence-corrected chi connectivity index (χ3v) is 6.91. The lowest BCUT2D eigenvalue weighted by molar-refractivity contribution is 0.183. The highest BCUT2D eigenvalue weighted by Gasteiger charge is 2.29. The van der Waals surface area contributed by atoms with Gasteiger partial charge in [0.15, 0.2) is 17.2 Å². The summed E-state index contributed by atoms with van der Waals surface area (Å²) in [6.45, 7) is 1.10. The topological polar surface area (TPSA) is 135 Å². The van der Waals surface area contributed by atoms with E-state index >= 15 is 0 Å². The van der Waals surface area contributed by atoms with Gasteiger partial charge < -0.3 is 25.1 Å². The van der Waals surface area contributed by atoms with Gasteiger partial charge in [-0.1, -0.05) is 17.7 Å². The molecule has 0 unspecified atom stereocenters. The van der Waals surface area contributed by atoms with Gasteiger partial charge in [0, 0.05) is 32.0 Å². The lowest BCUT2D eigenvalue weighted by Crippen LogP contribution is -2.30. The van der Waals surface area contributed by atoms with Gasteiger partial charge in [-0.05, 0) is 37.5 Å². The van der Waals surface area contributed by atoms with E-state index in [9.17, 15) is 4.79 Å². The van der Waals surface area contributed by atoms with Crippen LogP contribution in [0.4, 0.5) is 11.6 Å². The quantitative estimate of drug-likeness (QED) is 0.351. The van der Waals surface area contributed by atoms with Gasteiger partial charge in [-0.3, -0.25) is 9.78 Å². The van der Waals surface area contributed by atoms with Crippen molar-refractivity contribution in [3.05, 3.63) is 69.6 Å². The lowest BCUT2D eigenvalue weighted by Gasteiger charge is -2.15. The van der Waals surface area contributed by atoms with E-state index in [1.165, 1.54) is 12.4 Å². The summed E-state index contributed by atoms with van der Waals surface area (Å²) < 4.78 is 14.8. The maximum atomic E-state index is 13.4. The summed E-state index contributed by atoms with van der Waals surface area (Å²) in [6, 6.07) is 7.15. The normalized spacial score (nSPS) is 17.9. The van der Waals surface area contributed by atoms with E-state index in [-0.39, 0.29) is 11.6 Å². The van der Waals surface area contributed by atoms with E-state index < -0.39 is 0 Å². The number of hydrogen-bond donors (Lipinski definition) is 2. The van der Waals surface area contributed by atoms with Crippen molar-refractivity contribution >= 4 is 40.2 Å². The number of hydrogen-bond acceptors (Lipinski definition) is 9. The first-order chi connectivity index (χ1) is 18.0. The van der Waals surface area contributed by atoms with Gasteiger partial charge in [-0.2, -0.15) is 10.1 Å². The maximum Gasteiger partial charge on any atom is 0.290 e. The fourth-order valence-corrected chi connectivity index (χ4v) is 4.68. The highest BCUT2D eigenvalue weighted by atomic mass is 35.5. The number of halogens is 1. The summed E-state index contributed by atoms with van der Waals surface area (Å²) in [4.78, 5) is 26.6. The van der Waals surface area contributed by atoms with Gasteiger partial charge in [0.2, 0.25) is 5.95 Å². The van der Waals surface area contributed by atoms with Crippen LogP contribution >= 0.6 is 11.6 Å². The number of ether oxygens (including phenoxy) is 2. The Morgan fingerprint density at radius 2 is 2.16 bits per heavy atom. The molecule has 0 aromatic carbocycles. The first kappa shape index (κ1) is 23.4. The van der Waals surface area contributed by atoms with Gasteiger partial charge in [0.05, 0.1) is 24.5 Å². The zero-order valence-electron chi connectivity index (χ0n) is 20.1. The van der Waals surface area contributed by atoms with Crippen LogP contribution in [0.5, 0.6) is 5.75 Å². The summed E-state index contributed by atoms with van der Waals surface area (Å²) in [6.07, 6.45) is 7.34. The fourth-order valence-electron chi connectivity index (χ4n) is 4.38. The molecule has 0 bridgehead atoms. The molecule has 1 saturated heterocycles. The molecule has 2 aliphatic rings. The van der Waals surface area contributed by atoms with E-state index in [0.717, 1.165) is 25.0 Å². The molecule has 12 heteroatoms. The number of nitrogens with two attached hydrogens (primary N) is 1. The van der Waals surface area contributed by atoms with Crippen LogP contribution in [0.2, 0.25) is 5.02 Å². The van der Waals surface area contributed by atoms with Crippen LogP contribution in [0.1, 0.15) is 42.6 Å². The number of rotatable bonds is 7. The molecular weight excluding hydrogens is 496 g/mol. The number of nitrogens with one attached hydrogen (secondary N) is 1. The van der Waals surface area contributed by atoms with Crippen LogP contribution in [0.3, 0.4) is 0 Å². The molecule has 4 aromatic heterocycles. The molecule has 4 aromatic rings. The molecule has 0 amide bonds. The molecule has 0 spiro atoms. The molecule has 11 nitrogen and oxygen atoms in total. The molecule has 2 fully saturated rings. The highest BCUT2D eigenvalue weighted by Crippen LogP contribution is 2.40. The zero-order valence-corrected chi connectivity index (χ0v) is 20.9. The molecular formula is C25H25ClN8O3. The number of aromatic nitrogens is 6. The predicted molar refractivity (Wildman–Crippen MR) is 139 cm³/mol. The van der Waals surface area contributed by atoms with E-state index in [4.69, 9.17) is 26.8 Å². The monoisotopic (exact) mass is 520 g/mol. The maximum absolute atomic E-state index is 13.4. The van der Waals surface area contributed by atoms with Crippen molar-refractivity contribution < 1.29 is 9.47 Å². The number of nitrogens with zero attached hydrogens (tertiary/aromatic N) is 6. The van der Waals surface area contributed by atoms with Crippen molar-refractivity contribution in [2.24, 2.45) is 12.8 Å². The van der Waals surface area contributed by atoms with Crippen molar-refractivity contribution in [1.82, 2.24) is 29.3 Å². The molecule has 1 aliphatic carbocycles. The van der Waals surface area contributed by atoms with Crippen LogP contribution in [-0.2, 0) is 11.8 Å². The Morgan fingerprint density at radius 3 is 2.86 bits per heavy atom. The highest BCUT2D eigenvalue weighted by molar-refractivity contribution is 6.36. The van der Waals surface area contributed by atoms with Crippen molar-refractivity contribution in [3.63, 3.8) is 0 Å². The Bertz CT molecular complexity index is 1560. The lowest BCUT2D eigenvalue weighted by atomic mass is 10.2. The second kappa shape index (κ2) is 9.49. The van der Waals surface area contributed by atoms with Crippen LogP contribution in [0.25, 0.3) is 16.9 Å². The third kappa shape index (κ3) is 4.40. The first-order valence-electron chi connectivity index (χ1n) is 12.0. The minimum Gasteiger partial charge on any atom is -0.450 e. The second-order valence-electron chi connectivity index (χ2n) is 9.10. The summed E-state index contributed by atoms with van der Waals surface area (Å²) in [5.41, 5.74) is 8.36. The smallest absolute Gasteiger partial charge is 0.290 e. The number of pyridine rings is 2. The molecule has 1 atom stereocenters. The van der Waals surface area contributed by atoms with E-state index in [0.29, 0.717) is 64.2 Å². The van der Waals surface area contributed by atoms with Crippen LogP contribution in [0, 0.1) is 0 Å². The number of fused-ring (bicyclic) bond motifs is 1. The van der Waals surface area contributed by atoms with Crippen molar-refractivity contribution in [2.45, 2.75) is 31.2 Å². The molecule has 0 radical (unpaired) electrons. The third-order valence-electron chi connectivity index (χ3n) is 6.54. The number of aryl methyl sites for hydroxylation is 1. The summed E-state index contributed by atoms with van der Waals surface area (Å²) >= 11 is 6.74. The Labute approximate surface area is 216 Å². The van der Waals surface area contributed by atoms with Gasteiger partial charge in [-0.25, -0.2) is 9.67 Å². The van der Waals surface area contributed by atoms with Gasteiger partial charge in [0.25, 0.3) is 5.56 Å². The Hall–Kier alpha value is -3.96. The summed E-state index contributed by atoms with van der Waals surface area (Å²) in [5.74, 6) is 1.43. The molecule has 1 saturated carbocycles. The molecule has 37 heavy (non-hydrogen) atoms. The minimum atomic E-state index is -0.219. The van der Waals surface area contributed by atoms with Crippen LogP contribution in [-0.4, -0.2) is 42.5 Å². The standard InChI is InChI=1S/C25H25ClN8O3/c1-33-22-21(26)20(37-19(11-27)16-4-2-3-8-28-16)12-29-23(22)31-25(33)30-18-10-17(14-5-6-14)32-34(24(18)35)15-7-9-36-13-15/h2-4,8,10-12,14-15H,5-7,9,13,27H2,1H3,(H,29,30,31)/b19-11+/t15-/m0/s1. The van der Waals surface area contributed by atoms with Crippen molar-refractivity contribution in [3.8, 4) is 5.75 Å². The predicted octanol–water partition coefficient (Wildman–Crippen LogP) is 3.49. The second-order valence-corrected chi connectivity index (χ2v) is 9.48. The Balaban J connectivity index is 1.35.